The summed E-state index contributed by atoms with van der Waals surface area (Å²) in [6, 6.07) is 16.9. The quantitative estimate of drug-likeness (QED) is 0.484. The first-order valence-electron chi connectivity index (χ1n) is 8.34. The van der Waals surface area contributed by atoms with Gasteiger partial charge in [-0.3, -0.25) is 4.79 Å². The van der Waals surface area contributed by atoms with Crippen LogP contribution in [-0.2, 0) is 4.79 Å². The molecule has 3 aromatic rings. The molecule has 0 radical (unpaired) electrons. The fourth-order valence-corrected chi connectivity index (χ4v) is 3.84. The Morgan fingerprint density at radius 1 is 0.963 bits per heavy atom. The number of aromatic nitrogens is 1. The van der Waals surface area contributed by atoms with Crippen LogP contribution in [0, 0.1) is 13.8 Å². The SMILES string of the molecule is Cc1ccc(SC(C(=O)Nc2ccc(Cl)cn2)c2ccc(Cl)cc2)cc1C. The van der Waals surface area contributed by atoms with Crippen LogP contribution in [0.25, 0.3) is 0 Å². The third kappa shape index (κ3) is 5.25. The molecule has 0 aliphatic heterocycles. The summed E-state index contributed by atoms with van der Waals surface area (Å²) in [4.78, 5) is 18.2. The zero-order chi connectivity index (χ0) is 19.4. The van der Waals surface area contributed by atoms with Gasteiger partial charge in [0, 0.05) is 16.1 Å². The van der Waals surface area contributed by atoms with Gasteiger partial charge in [0.25, 0.3) is 0 Å². The summed E-state index contributed by atoms with van der Waals surface area (Å²) in [5, 5.41) is 3.58. The molecule has 2 aromatic carbocycles. The molecule has 0 saturated heterocycles. The number of thioether (sulfide) groups is 1. The topological polar surface area (TPSA) is 42.0 Å². The minimum Gasteiger partial charge on any atom is -0.309 e. The molecule has 1 unspecified atom stereocenters. The largest absolute Gasteiger partial charge is 0.309 e. The van der Waals surface area contributed by atoms with E-state index in [4.69, 9.17) is 23.2 Å². The van der Waals surface area contributed by atoms with Crippen molar-refractivity contribution in [1.82, 2.24) is 4.98 Å². The van der Waals surface area contributed by atoms with Gasteiger partial charge in [-0.15, -0.1) is 11.8 Å². The Balaban J connectivity index is 1.88. The molecule has 138 valence electrons. The van der Waals surface area contributed by atoms with E-state index in [2.05, 4.69) is 36.3 Å². The average molecular weight is 417 g/mol. The summed E-state index contributed by atoms with van der Waals surface area (Å²) < 4.78 is 0. The van der Waals surface area contributed by atoms with Crippen molar-refractivity contribution in [3.05, 3.63) is 87.5 Å². The first-order chi connectivity index (χ1) is 12.9. The van der Waals surface area contributed by atoms with Crippen molar-refractivity contribution in [3.63, 3.8) is 0 Å². The molecule has 0 spiro atoms. The van der Waals surface area contributed by atoms with Crippen molar-refractivity contribution < 1.29 is 4.79 Å². The second-order valence-electron chi connectivity index (χ2n) is 6.15. The number of hydrogen-bond donors (Lipinski definition) is 1. The molecular formula is C21H18Cl2N2OS. The van der Waals surface area contributed by atoms with E-state index >= 15 is 0 Å². The molecule has 0 fully saturated rings. The molecule has 27 heavy (non-hydrogen) atoms. The van der Waals surface area contributed by atoms with E-state index in [-0.39, 0.29) is 5.91 Å². The van der Waals surface area contributed by atoms with Crippen LogP contribution in [0.4, 0.5) is 5.82 Å². The molecule has 3 nitrogen and oxygen atoms in total. The predicted molar refractivity (Wildman–Crippen MR) is 114 cm³/mol. The smallest absolute Gasteiger partial charge is 0.243 e. The number of pyridine rings is 1. The second-order valence-corrected chi connectivity index (χ2v) is 8.20. The maximum Gasteiger partial charge on any atom is 0.243 e. The fourth-order valence-electron chi connectivity index (χ4n) is 2.48. The number of carbonyl (C=O) groups is 1. The average Bonchev–Trinajstić information content (AvgIpc) is 2.65. The van der Waals surface area contributed by atoms with Crippen LogP contribution in [0.1, 0.15) is 21.9 Å². The van der Waals surface area contributed by atoms with Crippen molar-refractivity contribution in [2.24, 2.45) is 0 Å². The van der Waals surface area contributed by atoms with Gasteiger partial charge >= 0.3 is 0 Å². The van der Waals surface area contributed by atoms with Crippen LogP contribution in [0.15, 0.2) is 65.7 Å². The summed E-state index contributed by atoms with van der Waals surface area (Å²) in [7, 11) is 0. The molecule has 1 amide bonds. The Morgan fingerprint density at radius 3 is 2.30 bits per heavy atom. The third-order valence-electron chi connectivity index (χ3n) is 4.12. The lowest BCUT2D eigenvalue weighted by Crippen LogP contribution is -2.19. The van der Waals surface area contributed by atoms with Gasteiger partial charge in [-0.1, -0.05) is 41.4 Å². The number of halogens is 2. The summed E-state index contributed by atoms with van der Waals surface area (Å²) in [6.07, 6.45) is 1.50. The minimum atomic E-state index is -0.443. The number of amides is 1. The van der Waals surface area contributed by atoms with Gasteiger partial charge in [0.2, 0.25) is 5.91 Å². The number of aryl methyl sites for hydroxylation is 2. The van der Waals surface area contributed by atoms with Crippen molar-refractivity contribution in [2.45, 2.75) is 24.0 Å². The first-order valence-corrected chi connectivity index (χ1v) is 9.98. The van der Waals surface area contributed by atoms with Crippen molar-refractivity contribution >= 4 is 46.7 Å². The Bertz CT molecular complexity index is 943. The lowest BCUT2D eigenvalue weighted by atomic mass is 10.1. The van der Waals surface area contributed by atoms with Crippen LogP contribution in [0.3, 0.4) is 0 Å². The van der Waals surface area contributed by atoms with Crippen LogP contribution in [-0.4, -0.2) is 10.9 Å². The van der Waals surface area contributed by atoms with E-state index < -0.39 is 5.25 Å². The summed E-state index contributed by atoms with van der Waals surface area (Å²) >= 11 is 13.4. The van der Waals surface area contributed by atoms with Gasteiger partial charge in [-0.05, 0) is 66.9 Å². The van der Waals surface area contributed by atoms with Gasteiger partial charge in [-0.2, -0.15) is 0 Å². The van der Waals surface area contributed by atoms with Crippen molar-refractivity contribution in [1.29, 1.82) is 0 Å². The van der Waals surface area contributed by atoms with E-state index in [9.17, 15) is 4.79 Å². The lowest BCUT2D eigenvalue weighted by Gasteiger charge is -2.17. The van der Waals surface area contributed by atoms with Gasteiger partial charge in [0.15, 0.2) is 0 Å². The highest BCUT2D eigenvalue weighted by Gasteiger charge is 2.23. The van der Waals surface area contributed by atoms with E-state index in [0.29, 0.717) is 15.9 Å². The van der Waals surface area contributed by atoms with Crippen LogP contribution >= 0.6 is 35.0 Å². The van der Waals surface area contributed by atoms with Gasteiger partial charge in [0.05, 0.1) is 5.02 Å². The molecule has 0 aliphatic carbocycles. The molecule has 1 heterocycles. The second kappa shape index (κ2) is 8.79. The highest BCUT2D eigenvalue weighted by Crippen LogP contribution is 2.37. The van der Waals surface area contributed by atoms with E-state index in [1.165, 1.54) is 29.1 Å². The molecule has 6 heteroatoms. The number of nitrogens with zero attached hydrogens (tertiary/aromatic N) is 1. The molecule has 0 aliphatic rings. The van der Waals surface area contributed by atoms with Gasteiger partial charge in [-0.25, -0.2) is 4.98 Å². The monoisotopic (exact) mass is 416 g/mol. The summed E-state index contributed by atoms with van der Waals surface area (Å²) in [5.41, 5.74) is 3.28. The molecule has 1 atom stereocenters. The summed E-state index contributed by atoms with van der Waals surface area (Å²) in [5.74, 6) is 0.305. The Labute approximate surface area is 173 Å². The maximum absolute atomic E-state index is 13.0. The normalized spacial score (nSPS) is 11.9. The first kappa shape index (κ1) is 19.7. The maximum atomic E-state index is 13.0. The highest BCUT2D eigenvalue weighted by molar-refractivity contribution is 8.00. The molecular weight excluding hydrogens is 399 g/mol. The number of hydrogen-bond acceptors (Lipinski definition) is 3. The highest BCUT2D eigenvalue weighted by atomic mass is 35.5. The summed E-state index contributed by atoms with van der Waals surface area (Å²) in [6.45, 7) is 4.13. The Morgan fingerprint density at radius 2 is 1.67 bits per heavy atom. The van der Waals surface area contributed by atoms with Crippen molar-refractivity contribution in [3.8, 4) is 0 Å². The minimum absolute atomic E-state index is 0.157. The zero-order valence-electron chi connectivity index (χ0n) is 14.9. The number of benzene rings is 2. The molecule has 0 bridgehead atoms. The molecule has 3 rings (SSSR count). The van der Waals surface area contributed by atoms with E-state index in [1.807, 2.05) is 18.2 Å². The lowest BCUT2D eigenvalue weighted by molar-refractivity contribution is -0.115. The van der Waals surface area contributed by atoms with Crippen LogP contribution in [0.5, 0.6) is 0 Å². The van der Waals surface area contributed by atoms with Crippen molar-refractivity contribution in [2.75, 3.05) is 5.32 Å². The number of anilines is 1. The Hall–Kier alpha value is -2.01. The standard InChI is InChI=1S/C21H18Cl2N2OS/c1-13-3-9-18(11-14(13)2)27-20(15-4-6-16(22)7-5-15)21(26)25-19-10-8-17(23)12-24-19/h3-12,20H,1-2H3,(H,24,25,26). The van der Waals surface area contributed by atoms with Crippen LogP contribution in [0.2, 0.25) is 10.0 Å². The number of rotatable bonds is 5. The zero-order valence-corrected chi connectivity index (χ0v) is 17.2. The predicted octanol–water partition coefficient (Wildman–Crippen LogP) is 6.48. The van der Waals surface area contributed by atoms with E-state index in [1.54, 1.807) is 24.3 Å². The Kier molecular flexibility index (Phi) is 6.42. The molecule has 0 saturated carbocycles. The number of carbonyl (C=O) groups excluding carboxylic acids is 1. The van der Waals surface area contributed by atoms with E-state index in [0.717, 1.165) is 10.5 Å². The molecule has 1 N–H and O–H groups in total. The molecule has 1 aromatic heterocycles. The van der Waals surface area contributed by atoms with Crippen LogP contribution < -0.4 is 5.32 Å². The van der Waals surface area contributed by atoms with Gasteiger partial charge < -0.3 is 5.32 Å². The third-order valence-corrected chi connectivity index (χ3v) is 5.85. The van der Waals surface area contributed by atoms with Gasteiger partial charge in [0.1, 0.15) is 11.1 Å². The fraction of sp³-hybridized carbons (Fsp3) is 0.143. The number of nitrogens with one attached hydrogen (secondary N) is 1.